The van der Waals surface area contributed by atoms with Crippen LogP contribution < -0.4 is 0 Å². The molecule has 14 heavy (non-hydrogen) atoms. The molecule has 0 aliphatic rings. The maximum absolute atomic E-state index is 11.6. The molecule has 0 bridgehead atoms. The van der Waals surface area contributed by atoms with Gasteiger partial charge in [-0.3, -0.25) is 4.79 Å². The van der Waals surface area contributed by atoms with Gasteiger partial charge in [0.15, 0.2) is 5.78 Å². The zero-order valence-electron chi connectivity index (χ0n) is 7.42. The van der Waals surface area contributed by atoms with Crippen LogP contribution in [0.1, 0.15) is 22.8 Å². The van der Waals surface area contributed by atoms with Gasteiger partial charge in [0.2, 0.25) is 0 Å². The van der Waals surface area contributed by atoms with E-state index in [0.717, 1.165) is 0 Å². The van der Waals surface area contributed by atoms with Gasteiger partial charge in [-0.05, 0) is 35.0 Å². The lowest BCUT2D eigenvalue weighted by atomic mass is 10.0. The Balaban J connectivity index is 3.29. The van der Waals surface area contributed by atoms with Crippen LogP contribution in [0.2, 0.25) is 0 Å². The highest BCUT2D eigenvalue weighted by Crippen LogP contribution is 2.21. The third kappa shape index (κ3) is 2.14. The van der Waals surface area contributed by atoms with Crippen molar-refractivity contribution >= 4 is 33.3 Å². The fraction of sp³-hybridized carbons (Fsp3) is 0.200. The highest BCUT2D eigenvalue weighted by molar-refractivity contribution is 9.10. The van der Waals surface area contributed by atoms with E-state index in [1.165, 1.54) is 0 Å². The van der Waals surface area contributed by atoms with Crippen LogP contribution in [-0.2, 0) is 0 Å². The van der Waals surface area contributed by atoms with Crippen molar-refractivity contribution in [1.29, 1.82) is 5.26 Å². The molecule has 72 valence electrons. The molecular weight excluding hydrogens is 265 g/mol. The molecule has 1 unspecified atom stereocenters. The molecule has 2 nitrogen and oxygen atoms in total. The molecule has 1 rings (SSSR count). The van der Waals surface area contributed by atoms with Crippen LogP contribution in [0.5, 0.6) is 0 Å². The second-order valence-electron chi connectivity index (χ2n) is 2.75. The zero-order valence-corrected chi connectivity index (χ0v) is 9.76. The van der Waals surface area contributed by atoms with Gasteiger partial charge in [-0.15, -0.1) is 11.6 Å². The number of carbonyl (C=O) groups is 1. The topological polar surface area (TPSA) is 40.9 Å². The van der Waals surface area contributed by atoms with E-state index in [0.29, 0.717) is 15.6 Å². The van der Waals surface area contributed by atoms with Crippen molar-refractivity contribution in [2.24, 2.45) is 0 Å². The number of rotatable bonds is 2. The number of hydrogen-bond acceptors (Lipinski definition) is 2. The average Bonchev–Trinajstić information content (AvgIpc) is 2.16. The quantitative estimate of drug-likeness (QED) is 0.613. The number of carbonyl (C=O) groups excluding carboxylic acids is 1. The van der Waals surface area contributed by atoms with Crippen LogP contribution >= 0.6 is 27.5 Å². The summed E-state index contributed by atoms with van der Waals surface area (Å²) < 4.78 is 0.614. The van der Waals surface area contributed by atoms with Crippen molar-refractivity contribution in [2.75, 3.05) is 0 Å². The molecule has 0 spiro atoms. The first-order chi connectivity index (χ1) is 6.57. The van der Waals surface area contributed by atoms with E-state index >= 15 is 0 Å². The smallest absolute Gasteiger partial charge is 0.181 e. The molecule has 0 aromatic heterocycles. The predicted octanol–water partition coefficient (Wildman–Crippen LogP) is 3.13. The van der Waals surface area contributed by atoms with Gasteiger partial charge in [0.05, 0.1) is 10.9 Å². The van der Waals surface area contributed by atoms with Gasteiger partial charge in [0.1, 0.15) is 6.07 Å². The molecule has 1 aromatic rings. The molecule has 0 aliphatic carbocycles. The fourth-order valence-electron chi connectivity index (χ4n) is 1.06. The summed E-state index contributed by atoms with van der Waals surface area (Å²) in [6.07, 6.45) is 0. The van der Waals surface area contributed by atoms with Crippen LogP contribution in [-0.4, -0.2) is 11.2 Å². The number of hydrogen-bond donors (Lipinski definition) is 0. The van der Waals surface area contributed by atoms with Crippen LogP contribution in [0, 0.1) is 11.3 Å². The predicted molar refractivity (Wildman–Crippen MR) is 58.5 cm³/mol. The Morgan fingerprint density at radius 2 is 2.29 bits per heavy atom. The van der Waals surface area contributed by atoms with Crippen LogP contribution in [0.25, 0.3) is 0 Å². The first kappa shape index (κ1) is 11.2. The Bertz CT molecular complexity index is 409. The second-order valence-corrected chi connectivity index (χ2v) is 4.26. The molecule has 4 heteroatoms. The lowest BCUT2D eigenvalue weighted by Crippen LogP contribution is -2.12. The molecule has 0 aliphatic heterocycles. The summed E-state index contributed by atoms with van der Waals surface area (Å²) in [7, 11) is 0. The first-order valence-electron chi connectivity index (χ1n) is 3.94. The van der Waals surface area contributed by atoms with Gasteiger partial charge >= 0.3 is 0 Å². The van der Waals surface area contributed by atoms with Gasteiger partial charge in [-0.2, -0.15) is 5.26 Å². The van der Waals surface area contributed by atoms with E-state index in [9.17, 15) is 4.79 Å². The Kier molecular flexibility index (Phi) is 3.68. The van der Waals surface area contributed by atoms with Gasteiger partial charge in [0, 0.05) is 10.0 Å². The van der Waals surface area contributed by atoms with Crippen molar-refractivity contribution in [3.63, 3.8) is 0 Å². The van der Waals surface area contributed by atoms with Crippen molar-refractivity contribution in [2.45, 2.75) is 12.3 Å². The number of nitrogens with zero attached hydrogens (tertiary/aromatic N) is 1. The largest absolute Gasteiger partial charge is 0.292 e. The summed E-state index contributed by atoms with van der Waals surface area (Å²) in [6, 6.07) is 7.00. The van der Waals surface area contributed by atoms with Gasteiger partial charge in [-0.1, -0.05) is 6.07 Å². The summed E-state index contributed by atoms with van der Waals surface area (Å²) in [6.45, 7) is 1.59. The SMILES string of the molecule is CC(Cl)C(=O)c1cccc(Br)c1C#N. The minimum Gasteiger partial charge on any atom is -0.292 e. The molecule has 0 heterocycles. The van der Waals surface area contributed by atoms with E-state index in [2.05, 4.69) is 15.9 Å². The van der Waals surface area contributed by atoms with Crippen LogP contribution in [0.4, 0.5) is 0 Å². The molecule has 0 N–H and O–H groups in total. The minimum absolute atomic E-state index is 0.232. The number of halogens is 2. The normalized spacial score (nSPS) is 11.9. The Morgan fingerprint density at radius 1 is 1.64 bits per heavy atom. The number of Topliss-reactive ketones (excluding diaryl/α,β-unsaturated/α-hetero) is 1. The van der Waals surface area contributed by atoms with Crippen LogP contribution in [0.3, 0.4) is 0 Å². The third-order valence-corrected chi connectivity index (χ3v) is 2.61. The average molecular weight is 273 g/mol. The summed E-state index contributed by atoms with van der Waals surface area (Å²) >= 11 is 8.88. The van der Waals surface area contributed by atoms with Gasteiger partial charge in [0.25, 0.3) is 0 Å². The van der Waals surface area contributed by atoms with E-state index in [4.69, 9.17) is 16.9 Å². The van der Waals surface area contributed by atoms with Crippen molar-refractivity contribution < 1.29 is 4.79 Å². The second kappa shape index (κ2) is 4.59. The summed E-state index contributed by atoms with van der Waals surface area (Å²) in [5.74, 6) is -0.232. The monoisotopic (exact) mass is 271 g/mol. The lowest BCUT2D eigenvalue weighted by Gasteiger charge is -2.05. The highest BCUT2D eigenvalue weighted by Gasteiger charge is 2.17. The standard InChI is InChI=1S/C10H7BrClNO/c1-6(12)10(14)7-3-2-4-9(11)8(7)5-13/h2-4,6H,1H3. The molecule has 0 fully saturated rings. The van der Waals surface area contributed by atoms with Gasteiger partial charge in [-0.25, -0.2) is 0 Å². The molecule has 0 radical (unpaired) electrons. The Labute approximate surface area is 95.6 Å². The molecular formula is C10H7BrClNO. The Morgan fingerprint density at radius 3 is 2.79 bits per heavy atom. The van der Waals surface area contributed by atoms with E-state index in [1.54, 1.807) is 25.1 Å². The number of nitriles is 1. The van der Waals surface area contributed by atoms with E-state index in [-0.39, 0.29) is 5.78 Å². The van der Waals surface area contributed by atoms with Gasteiger partial charge < -0.3 is 0 Å². The molecule has 0 saturated heterocycles. The number of ketones is 1. The summed E-state index contributed by atoms with van der Waals surface area (Å²) in [4.78, 5) is 11.6. The summed E-state index contributed by atoms with van der Waals surface area (Å²) in [5.41, 5.74) is 0.703. The maximum atomic E-state index is 11.6. The third-order valence-electron chi connectivity index (χ3n) is 1.75. The highest BCUT2D eigenvalue weighted by atomic mass is 79.9. The molecule has 0 saturated carbocycles. The van der Waals surface area contributed by atoms with E-state index < -0.39 is 5.38 Å². The van der Waals surface area contributed by atoms with Crippen LogP contribution in [0.15, 0.2) is 22.7 Å². The molecule has 0 amide bonds. The maximum Gasteiger partial charge on any atom is 0.181 e. The Hall–Kier alpha value is -0.850. The number of benzene rings is 1. The molecule has 1 atom stereocenters. The minimum atomic E-state index is -0.614. The lowest BCUT2D eigenvalue weighted by molar-refractivity contribution is 0.0991. The summed E-state index contributed by atoms with van der Waals surface area (Å²) in [5, 5.41) is 8.24. The zero-order chi connectivity index (χ0) is 10.7. The van der Waals surface area contributed by atoms with Crippen molar-refractivity contribution in [1.82, 2.24) is 0 Å². The number of alkyl halides is 1. The van der Waals surface area contributed by atoms with E-state index in [1.807, 2.05) is 6.07 Å². The first-order valence-corrected chi connectivity index (χ1v) is 5.17. The molecule has 1 aromatic carbocycles. The fourth-order valence-corrected chi connectivity index (χ4v) is 1.63. The van der Waals surface area contributed by atoms with Crippen molar-refractivity contribution in [3.05, 3.63) is 33.8 Å². The van der Waals surface area contributed by atoms with Crippen molar-refractivity contribution in [3.8, 4) is 6.07 Å².